The van der Waals surface area contributed by atoms with Gasteiger partial charge in [-0.3, -0.25) is 4.79 Å². The maximum atomic E-state index is 13.4. The van der Waals surface area contributed by atoms with Crippen LogP contribution in [0.1, 0.15) is 21.0 Å². The highest BCUT2D eigenvalue weighted by Gasteiger charge is 2.21. The molecular formula is C25H21NO5S. The number of furan rings is 1. The van der Waals surface area contributed by atoms with E-state index in [9.17, 15) is 9.90 Å². The highest BCUT2D eigenvalue weighted by atomic mass is 32.1. The number of benzene rings is 2. The molecule has 1 amide bonds. The van der Waals surface area contributed by atoms with E-state index >= 15 is 0 Å². The number of nitrogens with zero attached hydrogens (tertiary/aromatic N) is 1. The van der Waals surface area contributed by atoms with Gasteiger partial charge < -0.3 is 23.9 Å². The van der Waals surface area contributed by atoms with E-state index in [1.54, 1.807) is 29.4 Å². The van der Waals surface area contributed by atoms with Crippen LogP contribution in [0.5, 0.6) is 17.2 Å². The first-order chi connectivity index (χ1) is 15.7. The molecule has 0 unspecified atom stereocenters. The molecule has 0 fully saturated rings. The molecule has 5 rings (SSSR count). The Morgan fingerprint density at radius 2 is 1.78 bits per heavy atom. The van der Waals surface area contributed by atoms with Gasteiger partial charge in [0.25, 0.3) is 5.91 Å². The molecule has 1 aliphatic heterocycles. The summed E-state index contributed by atoms with van der Waals surface area (Å²) in [5, 5.41) is 10.2. The van der Waals surface area contributed by atoms with E-state index in [0.717, 1.165) is 16.2 Å². The van der Waals surface area contributed by atoms with Crippen molar-refractivity contribution < 1.29 is 23.8 Å². The molecule has 0 saturated heterocycles. The van der Waals surface area contributed by atoms with E-state index in [1.165, 1.54) is 11.3 Å². The summed E-state index contributed by atoms with van der Waals surface area (Å²) in [7, 11) is 0. The molecule has 1 aliphatic rings. The average molecular weight is 448 g/mol. The molecule has 32 heavy (non-hydrogen) atoms. The van der Waals surface area contributed by atoms with E-state index < -0.39 is 0 Å². The van der Waals surface area contributed by atoms with Gasteiger partial charge in [0.1, 0.15) is 24.7 Å². The van der Waals surface area contributed by atoms with Crippen molar-refractivity contribution in [3.05, 3.63) is 89.2 Å². The number of thiophene rings is 1. The standard InChI is InChI=1S/C25H21NO5S/c27-20-6-2-1-4-18(20)15-26(16-19-5-3-11-29-19)25(28)24-10-9-23(32-24)17-7-8-21-22(14-17)31-13-12-30-21/h1-11,14,27H,12-13,15-16H2. The fraction of sp³-hybridized carbons (Fsp3) is 0.160. The van der Waals surface area contributed by atoms with Gasteiger partial charge in [-0.05, 0) is 54.1 Å². The normalized spacial score (nSPS) is 12.5. The van der Waals surface area contributed by atoms with Crippen LogP contribution < -0.4 is 9.47 Å². The van der Waals surface area contributed by atoms with Crippen molar-refractivity contribution in [3.63, 3.8) is 0 Å². The summed E-state index contributed by atoms with van der Waals surface area (Å²) >= 11 is 1.42. The number of carbonyl (C=O) groups excluding carboxylic acids is 1. The summed E-state index contributed by atoms with van der Waals surface area (Å²) in [6.45, 7) is 1.64. The second-order valence-corrected chi connectivity index (χ2v) is 8.48. The lowest BCUT2D eigenvalue weighted by Crippen LogP contribution is -2.29. The predicted octanol–water partition coefficient (Wildman–Crippen LogP) is 5.33. The number of phenolic OH excluding ortho intramolecular Hbond substituents is 1. The van der Waals surface area contributed by atoms with Crippen molar-refractivity contribution in [1.82, 2.24) is 4.90 Å². The Morgan fingerprint density at radius 3 is 2.59 bits per heavy atom. The lowest BCUT2D eigenvalue weighted by atomic mass is 10.1. The van der Waals surface area contributed by atoms with Gasteiger partial charge in [-0.1, -0.05) is 18.2 Å². The van der Waals surface area contributed by atoms with Gasteiger partial charge in [0.05, 0.1) is 24.2 Å². The van der Waals surface area contributed by atoms with Crippen molar-refractivity contribution in [1.29, 1.82) is 0 Å². The third-order valence-corrected chi connectivity index (χ3v) is 6.33. The summed E-state index contributed by atoms with van der Waals surface area (Å²) in [5.41, 5.74) is 1.65. The predicted molar refractivity (Wildman–Crippen MR) is 121 cm³/mol. The largest absolute Gasteiger partial charge is 0.508 e. The molecule has 0 spiro atoms. The first-order valence-corrected chi connectivity index (χ1v) is 11.1. The van der Waals surface area contributed by atoms with Crippen LogP contribution in [0.4, 0.5) is 0 Å². The lowest BCUT2D eigenvalue weighted by molar-refractivity contribution is 0.0721. The number of fused-ring (bicyclic) bond motifs is 1. The number of para-hydroxylation sites is 1. The maximum absolute atomic E-state index is 13.4. The second-order valence-electron chi connectivity index (χ2n) is 7.39. The van der Waals surface area contributed by atoms with Gasteiger partial charge >= 0.3 is 0 Å². The van der Waals surface area contributed by atoms with Crippen molar-refractivity contribution >= 4 is 17.2 Å². The summed E-state index contributed by atoms with van der Waals surface area (Å²) in [4.78, 5) is 16.7. The summed E-state index contributed by atoms with van der Waals surface area (Å²) in [6.07, 6.45) is 1.59. The van der Waals surface area contributed by atoms with Crippen LogP contribution in [-0.4, -0.2) is 29.1 Å². The number of amides is 1. The molecule has 0 atom stereocenters. The summed E-state index contributed by atoms with van der Waals surface area (Å²) in [5.74, 6) is 2.16. The SMILES string of the molecule is O=C(c1ccc(-c2ccc3c(c2)OCCO3)s1)N(Cc1ccco1)Cc1ccccc1O. The minimum absolute atomic E-state index is 0.126. The number of ether oxygens (including phenoxy) is 2. The topological polar surface area (TPSA) is 72.1 Å². The molecule has 1 N–H and O–H groups in total. The first-order valence-electron chi connectivity index (χ1n) is 10.3. The zero-order valence-electron chi connectivity index (χ0n) is 17.2. The van der Waals surface area contributed by atoms with Gasteiger partial charge in [0.2, 0.25) is 0 Å². The molecule has 2 aromatic heterocycles. The van der Waals surface area contributed by atoms with Gasteiger partial charge in [-0.15, -0.1) is 11.3 Å². The quantitative estimate of drug-likeness (QED) is 0.433. The monoisotopic (exact) mass is 447 g/mol. The molecule has 0 saturated carbocycles. The first kappa shape index (κ1) is 20.2. The number of hydrogen-bond donors (Lipinski definition) is 1. The number of rotatable bonds is 6. The molecular weight excluding hydrogens is 426 g/mol. The Labute approximate surface area is 189 Å². The van der Waals surface area contributed by atoms with Gasteiger partial charge in [-0.25, -0.2) is 0 Å². The van der Waals surface area contributed by atoms with Crippen molar-refractivity contribution in [2.45, 2.75) is 13.1 Å². The number of carbonyl (C=O) groups is 1. The van der Waals surface area contributed by atoms with Crippen LogP contribution in [0.3, 0.4) is 0 Å². The van der Waals surface area contributed by atoms with E-state index in [0.29, 0.717) is 41.7 Å². The Balaban J connectivity index is 1.41. The van der Waals surface area contributed by atoms with Crippen LogP contribution in [-0.2, 0) is 13.1 Å². The number of hydrogen-bond acceptors (Lipinski definition) is 6. The van der Waals surface area contributed by atoms with E-state index in [-0.39, 0.29) is 18.2 Å². The molecule has 162 valence electrons. The molecule has 0 radical (unpaired) electrons. The lowest BCUT2D eigenvalue weighted by Gasteiger charge is -2.21. The molecule has 4 aromatic rings. The van der Waals surface area contributed by atoms with Gasteiger partial charge in [-0.2, -0.15) is 0 Å². The maximum Gasteiger partial charge on any atom is 0.264 e. The average Bonchev–Trinajstić information content (AvgIpc) is 3.52. The third-order valence-electron chi connectivity index (χ3n) is 5.21. The zero-order chi connectivity index (χ0) is 21.9. The van der Waals surface area contributed by atoms with Crippen LogP contribution >= 0.6 is 11.3 Å². The molecule has 7 heteroatoms. The minimum Gasteiger partial charge on any atom is -0.508 e. The fourth-order valence-corrected chi connectivity index (χ4v) is 4.57. The van der Waals surface area contributed by atoms with Crippen molar-refractivity contribution in [3.8, 4) is 27.7 Å². The summed E-state index contributed by atoms with van der Waals surface area (Å²) in [6, 6.07) is 20.2. The fourth-order valence-electron chi connectivity index (χ4n) is 3.60. The van der Waals surface area contributed by atoms with E-state index in [2.05, 4.69) is 0 Å². The Bertz CT molecular complexity index is 1230. The highest BCUT2D eigenvalue weighted by Crippen LogP contribution is 2.37. The Morgan fingerprint density at radius 1 is 0.938 bits per heavy atom. The highest BCUT2D eigenvalue weighted by molar-refractivity contribution is 7.17. The van der Waals surface area contributed by atoms with Crippen LogP contribution in [0.15, 0.2) is 77.4 Å². The molecule has 3 heterocycles. The number of aromatic hydroxyl groups is 1. The van der Waals surface area contributed by atoms with E-state index in [4.69, 9.17) is 13.9 Å². The molecule has 0 aliphatic carbocycles. The van der Waals surface area contributed by atoms with Crippen LogP contribution in [0.25, 0.3) is 10.4 Å². The van der Waals surface area contributed by atoms with Crippen molar-refractivity contribution in [2.75, 3.05) is 13.2 Å². The molecule has 0 bridgehead atoms. The van der Waals surface area contributed by atoms with Crippen LogP contribution in [0.2, 0.25) is 0 Å². The minimum atomic E-state index is -0.126. The van der Waals surface area contributed by atoms with E-state index in [1.807, 2.05) is 48.5 Å². The third kappa shape index (κ3) is 4.20. The Kier molecular flexibility index (Phi) is 5.56. The van der Waals surface area contributed by atoms with Crippen molar-refractivity contribution in [2.24, 2.45) is 0 Å². The molecule has 6 nitrogen and oxygen atoms in total. The Hall–Kier alpha value is -3.71. The summed E-state index contributed by atoms with van der Waals surface area (Å²) < 4.78 is 16.7. The smallest absolute Gasteiger partial charge is 0.264 e. The number of phenols is 1. The van der Waals surface area contributed by atoms with Gasteiger partial charge in [0.15, 0.2) is 11.5 Å². The molecule has 2 aromatic carbocycles. The van der Waals surface area contributed by atoms with Crippen LogP contribution in [0, 0.1) is 0 Å². The van der Waals surface area contributed by atoms with Gasteiger partial charge in [0, 0.05) is 10.4 Å². The zero-order valence-corrected chi connectivity index (χ0v) is 18.0. The second kappa shape index (κ2) is 8.80.